The molecule has 0 aliphatic carbocycles. The molecule has 50 heavy (non-hydrogen) atoms. The largest absolute Gasteiger partial charge is 0.490 e. The molecule has 0 saturated carbocycles. The molecule has 0 heterocycles. The Morgan fingerprint density at radius 3 is 1.96 bits per heavy atom. The molecule has 2 aromatic rings. The second kappa shape index (κ2) is 20.4. The van der Waals surface area contributed by atoms with Crippen molar-refractivity contribution in [2.45, 2.75) is 43.9 Å². The summed E-state index contributed by atoms with van der Waals surface area (Å²) in [6.07, 6.45) is -2.89. The first-order chi connectivity index (χ1) is 23.4. The Morgan fingerprint density at radius 1 is 0.920 bits per heavy atom. The number of amidine groups is 1. The first kappa shape index (κ1) is 42.1. The van der Waals surface area contributed by atoms with Crippen LogP contribution in [0.2, 0.25) is 0 Å². The van der Waals surface area contributed by atoms with E-state index in [4.69, 9.17) is 37.9 Å². The van der Waals surface area contributed by atoms with Gasteiger partial charge in [0.05, 0.1) is 0 Å². The van der Waals surface area contributed by atoms with Gasteiger partial charge >= 0.3 is 12.1 Å². The van der Waals surface area contributed by atoms with E-state index in [9.17, 15) is 32.3 Å². The molecule has 12 N–H and O–H groups in total. The highest BCUT2D eigenvalue weighted by atomic mass is 19.4. The maximum absolute atomic E-state index is 13.9. The quantitative estimate of drug-likeness (QED) is 0.0361. The smallest absolute Gasteiger partial charge is 0.475 e. The lowest BCUT2D eigenvalue weighted by atomic mass is 9.94. The Bertz CT molecular complexity index is 1510. The zero-order valence-corrected chi connectivity index (χ0v) is 27.3. The van der Waals surface area contributed by atoms with Crippen LogP contribution in [0, 0.1) is 16.7 Å². The van der Waals surface area contributed by atoms with Crippen molar-refractivity contribution in [3.63, 3.8) is 0 Å². The van der Waals surface area contributed by atoms with Crippen LogP contribution < -0.4 is 33.2 Å². The molecule has 0 aliphatic rings. The Balaban J connectivity index is 0.00000161. The summed E-state index contributed by atoms with van der Waals surface area (Å²) < 4.78 is 31.7. The fourth-order valence-corrected chi connectivity index (χ4v) is 4.37. The van der Waals surface area contributed by atoms with E-state index in [0.29, 0.717) is 24.1 Å². The Hall–Kier alpha value is -5.94. The van der Waals surface area contributed by atoms with Crippen LogP contribution in [0.15, 0.2) is 67.3 Å². The van der Waals surface area contributed by atoms with Gasteiger partial charge in [0.2, 0.25) is 23.6 Å². The summed E-state index contributed by atoms with van der Waals surface area (Å²) in [7, 11) is 1.44. The van der Waals surface area contributed by atoms with Gasteiger partial charge in [0, 0.05) is 32.1 Å². The number of nitrogens with two attached hydrogens (primary N) is 3. The zero-order valence-electron chi connectivity index (χ0n) is 27.3. The molecular formula is C32H42F3N9O6. The summed E-state index contributed by atoms with van der Waals surface area (Å²) in [5.74, 6) is -6.78. The molecular weight excluding hydrogens is 663 g/mol. The van der Waals surface area contributed by atoms with Crippen molar-refractivity contribution in [2.75, 3.05) is 20.1 Å². The van der Waals surface area contributed by atoms with Gasteiger partial charge < -0.3 is 43.2 Å². The van der Waals surface area contributed by atoms with E-state index in [1.54, 1.807) is 36.4 Å². The van der Waals surface area contributed by atoms with E-state index in [2.05, 4.69) is 22.5 Å². The number of likely N-dealkylation sites (N-methyl/N-ethyl adjacent to an activating group) is 1. The SMILES string of the molecule is C=CCNC(=O)C(Cc1ccc(C(=N)N)cc1)C(=O)N(C)C(Cc1ccccc1)C(=O)N[C@@H](CCCNC(=N)N)C(N)=O.O=C(O)C(F)(F)F. The molecule has 18 heteroatoms. The van der Waals surface area contributed by atoms with E-state index in [0.717, 1.165) is 5.56 Å². The van der Waals surface area contributed by atoms with Gasteiger partial charge in [0.25, 0.3) is 0 Å². The molecule has 4 amide bonds. The number of carbonyl (C=O) groups excluding carboxylic acids is 4. The molecule has 2 rings (SSSR count). The topological polar surface area (TPSA) is 271 Å². The van der Waals surface area contributed by atoms with E-state index < -0.39 is 53.8 Å². The van der Waals surface area contributed by atoms with Gasteiger partial charge in [-0.2, -0.15) is 13.2 Å². The van der Waals surface area contributed by atoms with Crippen LogP contribution >= 0.6 is 0 Å². The maximum atomic E-state index is 13.9. The maximum Gasteiger partial charge on any atom is 0.490 e. The van der Waals surface area contributed by atoms with Crippen molar-refractivity contribution in [1.29, 1.82) is 10.8 Å². The molecule has 15 nitrogen and oxygen atoms in total. The zero-order chi connectivity index (χ0) is 38.0. The molecule has 0 saturated heterocycles. The Morgan fingerprint density at radius 2 is 1.48 bits per heavy atom. The lowest BCUT2D eigenvalue weighted by Gasteiger charge is -2.31. The number of aliphatic carboxylic acids is 1. The van der Waals surface area contributed by atoms with Crippen LogP contribution in [0.4, 0.5) is 13.2 Å². The minimum absolute atomic E-state index is 0.0249. The molecule has 0 aliphatic heterocycles. The van der Waals surface area contributed by atoms with Crippen LogP contribution in [-0.2, 0) is 36.8 Å². The van der Waals surface area contributed by atoms with Gasteiger partial charge in [-0.05, 0) is 30.4 Å². The highest BCUT2D eigenvalue weighted by Gasteiger charge is 2.38. The second-order valence-electron chi connectivity index (χ2n) is 10.8. The van der Waals surface area contributed by atoms with E-state index in [-0.39, 0.29) is 37.6 Å². The highest BCUT2D eigenvalue weighted by Crippen LogP contribution is 2.18. The number of nitrogen functional groups attached to an aromatic ring is 1. The average Bonchev–Trinajstić information content (AvgIpc) is 3.05. The van der Waals surface area contributed by atoms with Gasteiger partial charge in [-0.3, -0.25) is 30.0 Å². The summed E-state index contributed by atoms with van der Waals surface area (Å²) in [4.78, 5) is 63.1. The summed E-state index contributed by atoms with van der Waals surface area (Å²) in [6.45, 7) is 4.05. The number of amides is 4. The number of rotatable bonds is 17. The van der Waals surface area contributed by atoms with E-state index in [1.807, 2.05) is 18.2 Å². The molecule has 0 aromatic heterocycles. The van der Waals surface area contributed by atoms with E-state index in [1.165, 1.54) is 18.0 Å². The molecule has 0 bridgehead atoms. The number of nitrogens with zero attached hydrogens (tertiary/aromatic N) is 1. The first-order valence-corrected chi connectivity index (χ1v) is 15.0. The van der Waals surface area contributed by atoms with Crippen molar-refractivity contribution in [2.24, 2.45) is 23.1 Å². The minimum atomic E-state index is -5.08. The molecule has 2 aromatic carbocycles. The third-order valence-electron chi connectivity index (χ3n) is 7.02. The number of hydrogen-bond donors (Lipinski definition) is 9. The van der Waals surface area contributed by atoms with Crippen LogP contribution in [0.25, 0.3) is 0 Å². The highest BCUT2D eigenvalue weighted by molar-refractivity contribution is 6.02. The molecule has 0 spiro atoms. The fraction of sp³-hybridized carbons (Fsp3) is 0.344. The molecule has 2 unspecified atom stereocenters. The Kier molecular flexibility index (Phi) is 17.2. The first-order valence-electron chi connectivity index (χ1n) is 15.0. The summed E-state index contributed by atoms with van der Waals surface area (Å²) in [6, 6.07) is 13.6. The number of hydrogen-bond acceptors (Lipinski definition) is 7. The number of benzene rings is 2. The third kappa shape index (κ3) is 14.9. The number of carboxylic acid groups (broad SMARTS) is 1. The van der Waals surface area contributed by atoms with Crippen LogP contribution in [0.5, 0.6) is 0 Å². The predicted molar refractivity (Wildman–Crippen MR) is 179 cm³/mol. The molecule has 272 valence electrons. The number of carbonyl (C=O) groups is 5. The number of nitrogens with one attached hydrogen (secondary N) is 5. The molecule has 0 fully saturated rings. The lowest BCUT2D eigenvalue weighted by Crippen LogP contribution is -2.56. The predicted octanol–water partition coefficient (Wildman–Crippen LogP) is 0.368. The number of carboxylic acids is 1. The second-order valence-corrected chi connectivity index (χ2v) is 10.8. The van der Waals surface area contributed by atoms with Crippen LogP contribution in [0.1, 0.15) is 29.5 Å². The van der Waals surface area contributed by atoms with Crippen LogP contribution in [0.3, 0.4) is 0 Å². The number of halogens is 3. The molecule has 0 radical (unpaired) electrons. The third-order valence-corrected chi connectivity index (χ3v) is 7.02. The van der Waals surface area contributed by atoms with Crippen molar-refractivity contribution in [3.05, 3.63) is 83.9 Å². The standard InChI is InChI=1S/C30H41N9O4.C2HF3O2/c1-3-15-36-27(41)22(17-20-11-13-21(14-12-20)25(31)32)29(43)39(2)24(18-19-8-5-4-6-9-19)28(42)38-23(26(33)40)10-7-16-37-30(34)35;3-2(4,5)1(6)7/h3-6,8-9,11-14,22-24H,1,7,10,15-18H2,2H3,(H3,31,32)(H2,33,40)(H,36,41)(H,38,42)(H4,34,35,37);(H,6,7)/t22?,23-,24?;/m0./s1. The summed E-state index contributed by atoms with van der Waals surface area (Å²) in [5, 5.41) is 29.9. The summed E-state index contributed by atoms with van der Waals surface area (Å²) >= 11 is 0. The molecule has 3 atom stereocenters. The van der Waals surface area contributed by atoms with Gasteiger partial charge in [-0.15, -0.1) is 6.58 Å². The van der Waals surface area contributed by atoms with Crippen molar-refractivity contribution >= 4 is 41.4 Å². The summed E-state index contributed by atoms with van der Waals surface area (Å²) in [5.41, 5.74) is 18.3. The number of primary amides is 1. The normalized spacial score (nSPS) is 12.4. The number of guanidine groups is 1. The number of alkyl halides is 3. The van der Waals surface area contributed by atoms with Gasteiger partial charge in [-0.25, -0.2) is 4.79 Å². The van der Waals surface area contributed by atoms with Gasteiger partial charge in [0.1, 0.15) is 23.8 Å². The minimum Gasteiger partial charge on any atom is -0.475 e. The van der Waals surface area contributed by atoms with Crippen molar-refractivity contribution in [1.82, 2.24) is 20.9 Å². The monoisotopic (exact) mass is 705 g/mol. The van der Waals surface area contributed by atoms with Crippen LogP contribution in [-0.4, -0.2) is 89.8 Å². The van der Waals surface area contributed by atoms with Gasteiger partial charge in [-0.1, -0.05) is 60.7 Å². The van der Waals surface area contributed by atoms with E-state index >= 15 is 0 Å². The lowest BCUT2D eigenvalue weighted by molar-refractivity contribution is -0.192. The van der Waals surface area contributed by atoms with Crippen molar-refractivity contribution in [3.8, 4) is 0 Å². The average molecular weight is 706 g/mol. The van der Waals surface area contributed by atoms with Gasteiger partial charge in [0.15, 0.2) is 5.96 Å². The fourth-order valence-electron chi connectivity index (χ4n) is 4.37. The van der Waals surface area contributed by atoms with Crippen molar-refractivity contribution < 1.29 is 42.3 Å². The Labute approximate surface area is 286 Å².